The molecule has 0 unspecified atom stereocenters. The van der Waals surface area contributed by atoms with E-state index in [1.807, 2.05) is 43.3 Å². The van der Waals surface area contributed by atoms with Gasteiger partial charge in [-0.2, -0.15) is 0 Å². The SMILES string of the molecule is C[C@@H](CCO)[C@@H](OC(=O)Nc1ccc(Br)cc1)c1ccc(O)c2ccccc12. The van der Waals surface area contributed by atoms with E-state index in [0.717, 1.165) is 15.4 Å². The zero-order valence-electron chi connectivity index (χ0n) is 15.4. The van der Waals surface area contributed by atoms with E-state index in [1.54, 1.807) is 24.3 Å². The molecule has 0 spiro atoms. The summed E-state index contributed by atoms with van der Waals surface area (Å²) in [6.45, 7) is 1.92. The molecule has 0 fully saturated rings. The summed E-state index contributed by atoms with van der Waals surface area (Å²) in [7, 11) is 0. The van der Waals surface area contributed by atoms with E-state index >= 15 is 0 Å². The average Bonchev–Trinajstić information content (AvgIpc) is 2.69. The molecule has 3 aromatic rings. The minimum Gasteiger partial charge on any atom is -0.507 e. The number of halogens is 1. The predicted molar refractivity (Wildman–Crippen MR) is 113 cm³/mol. The van der Waals surface area contributed by atoms with Crippen molar-refractivity contribution in [3.8, 4) is 5.75 Å². The fourth-order valence-electron chi connectivity index (χ4n) is 3.19. The third-order valence-corrected chi connectivity index (χ3v) is 5.20. The molecule has 0 aromatic heterocycles. The maximum absolute atomic E-state index is 12.5. The Morgan fingerprint density at radius 2 is 1.75 bits per heavy atom. The summed E-state index contributed by atoms with van der Waals surface area (Å²) in [5.41, 5.74) is 1.41. The van der Waals surface area contributed by atoms with Gasteiger partial charge in [0.2, 0.25) is 0 Å². The first kappa shape index (κ1) is 20.2. The first-order chi connectivity index (χ1) is 13.5. The van der Waals surface area contributed by atoms with E-state index in [4.69, 9.17) is 4.74 Å². The standard InChI is InChI=1S/C22H22BrNO4/c1-14(12-13-25)21(28-22(27)24-16-8-6-15(23)7-9-16)19-10-11-20(26)18-5-3-2-4-17(18)19/h2-11,14,21,25-26H,12-13H2,1H3,(H,24,27)/t14-,21+/m0/s1. The van der Waals surface area contributed by atoms with Crippen molar-refractivity contribution >= 4 is 38.5 Å². The molecule has 0 bridgehead atoms. The van der Waals surface area contributed by atoms with Gasteiger partial charge in [0.1, 0.15) is 11.9 Å². The second-order valence-electron chi connectivity index (χ2n) is 6.67. The topological polar surface area (TPSA) is 78.8 Å². The van der Waals surface area contributed by atoms with Gasteiger partial charge in [-0.3, -0.25) is 5.32 Å². The maximum Gasteiger partial charge on any atom is 0.412 e. The molecule has 0 saturated heterocycles. The van der Waals surface area contributed by atoms with E-state index in [9.17, 15) is 15.0 Å². The first-order valence-corrected chi connectivity index (χ1v) is 9.83. The Morgan fingerprint density at radius 1 is 1.07 bits per heavy atom. The Kier molecular flexibility index (Phi) is 6.54. The van der Waals surface area contributed by atoms with Crippen molar-refractivity contribution in [1.29, 1.82) is 0 Å². The lowest BCUT2D eigenvalue weighted by molar-refractivity contribution is 0.0676. The second-order valence-corrected chi connectivity index (χ2v) is 7.58. The number of fused-ring (bicyclic) bond motifs is 1. The van der Waals surface area contributed by atoms with Gasteiger partial charge >= 0.3 is 6.09 Å². The first-order valence-electron chi connectivity index (χ1n) is 9.04. The van der Waals surface area contributed by atoms with Crippen LogP contribution in [0.4, 0.5) is 10.5 Å². The summed E-state index contributed by atoms with van der Waals surface area (Å²) in [4.78, 5) is 12.5. The fourth-order valence-corrected chi connectivity index (χ4v) is 3.46. The summed E-state index contributed by atoms with van der Waals surface area (Å²) < 4.78 is 6.69. The lowest BCUT2D eigenvalue weighted by Crippen LogP contribution is -2.22. The highest BCUT2D eigenvalue weighted by atomic mass is 79.9. The van der Waals surface area contributed by atoms with Gasteiger partial charge in [0.25, 0.3) is 0 Å². The van der Waals surface area contributed by atoms with Crippen molar-refractivity contribution in [2.24, 2.45) is 5.92 Å². The van der Waals surface area contributed by atoms with Crippen LogP contribution in [-0.4, -0.2) is 22.9 Å². The van der Waals surface area contributed by atoms with Crippen molar-refractivity contribution in [3.05, 3.63) is 70.7 Å². The summed E-state index contributed by atoms with van der Waals surface area (Å²) >= 11 is 3.36. The molecular formula is C22H22BrNO4. The average molecular weight is 444 g/mol. The predicted octanol–water partition coefficient (Wildman–Crippen LogP) is 5.62. The zero-order valence-corrected chi connectivity index (χ0v) is 17.0. The molecule has 0 radical (unpaired) electrons. The van der Waals surface area contributed by atoms with Gasteiger partial charge < -0.3 is 14.9 Å². The van der Waals surface area contributed by atoms with Crippen LogP contribution in [0.15, 0.2) is 65.1 Å². The molecule has 5 nitrogen and oxygen atoms in total. The zero-order chi connectivity index (χ0) is 20.1. The van der Waals surface area contributed by atoms with Crippen molar-refractivity contribution in [2.45, 2.75) is 19.4 Å². The number of hydrogen-bond donors (Lipinski definition) is 3. The number of carbonyl (C=O) groups excluding carboxylic acids is 1. The highest BCUT2D eigenvalue weighted by Gasteiger charge is 2.26. The Morgan fingerprint density at radius 3 is 2.43 bits per heavy atom. The number of aliphatic hydroxyl groups excluding tert-OH is 1. The Labute approximate surface area is 172 Å². The number of phenols is 1. The fraction of sp³-hybridized carbons (Fsp3) is 0.227. The molecule has 3 rings (SSSR count). The number of rotatable bonds is 6. The molecule has 1 amide bonds. The number of anilines is 1. The molecule has 3 aromatic carbocycles. The van der Waals surface area contributed by atoms with E-state index in [0.29, 0.717) is 17.5 Å². The molecule has 0 aliphatic rings. The molecule has 146 valence electrons. The van der Waals surface area contributed by atoms with Gasteiger partial charge in [-0.1, -0.05) is 53.2 Å². The third-order valence-electron chi connectivity index (χ3n) is 4.67. The molecule has 0 heterocycles. The lowest BCUT2D eigenvalue weighted by atomic mass is 9.91. The van der Waals surface area contributed by atoms with Crippen LogP contribution in [0.1, 0.15) is 25.0 Å². The Hall–Kier alpha value is -2.57. The summed E-state index contributed by atoms with van der Waals surface area (Å²) in [6, 6.07) is 18.0. The Bertz CT molecular complexity index is 958. The number of hydrogen-bond acceptors (Lipinski definition) is 4. The molecule has 0 aliphatic carbocycles. The van der Waals surface area contributed by atoms with Crippen molar-refractivity contribution < 1.29 is 19.7 Å². The quantitative estimate of drug-likeness (QED) is 0.462. The third kappa shape index (κ3) is 4.64. The van der Waals surface area contributed by atoms with Crippen LogP contribution < -0.4 is 5.32 Å². The lowest BCUT2D eigenvalue weighted by Gasteiger charge is -2.25. The van der Waals surface area contributed by atoms with Gasteiger partial charge in [-0.25, -0.2) is 4.79 Å². The molecule has 3 N–H and O–H groups in total. The summed E-state index contributed by atoms with van der Waals surface area (Å²) in [5.74, 6) is 0.0563. The van der Waals surface area contributed by atoms with Crippen LogP contribution in [0.3, 0.4) is 0 Å². The highest BCUT2D eigenvalue weighted by molar-refractivity contribution is 9.10. The van der Waals surface area contributed by atoms with E-state index in [1.165, 1.54) is 0 Å². The number of phenolic OH excluding ortho intramolecular Hbond substituents is 1. The minimum atomic E-state index is -0.576. The van der Waals surface area contributed by atoms with Crippen LogP contribution in [0.2, 0.25) is 0 Å². The number of nitrogens with one attached hydrogen (secondary N) is 1. The van der Waals surface area contributed by atoms with Crippen LogP contribution in [-0.2, 0) is 4.74 Å². The normalized spacial score (nSPS) is 13.1. The molecule has 6 heteroatoms. The number of aliphatic hydroxyl groups is 1. The molecular weight excluding hydrogens is 422 g/mol. The number of aromatic hydroxyl groups is 1. The largest absolute Gasteiger partial charge is 0.507 e. The van der Waals surface area contributed by atoms with E-state index < -0.39 is 12.2 Å². The monoisotopic (exact) mass is 443 g/mol. The molecule has 28 heavy (non-hydrogen) atoms. The number of ether oxygens (including phenoxy) is 1. The number of amides is 1. The van der Waals surface area contributed by atoms with Crippen LogP contribution in [0, 0.1) is 5.92 Å². The molecule has 2 atom stereocenters. The molecule has 0 aliphatic heterocycles. The van der Waals surface area contributed by atoms with Gasteiger partial charge in [-0.05, 0) is 48.1 Å². The van der Waals surface area contributed by atoms with Crippen LogP contribution in [0.25, 0.3) is 10.8 Å². The van der Waals surface area contributed by atoms with Crippen molar-refractivity contribution in [2.75, 3.05) is 11.9 Å². The van der Waals surface area contributed by atoms with Gasteiger partial charge in [0.15, 0.2) is 0 Å². The highest BCUT2D eigenvalue weighted by Crippen LogP contribution is 2.36. The second kappa shape index (κ2) is 9.08. The van der Waals surface area contributed by atoms with Crippen LogP contribution in [0.5, 0.6) is 5.75 Å². The van der Waals surface area contributed by atoms with Gasteiger partial charge in [0.05, 0.1) is 0 Å². The van der Waals surface area contributed by atoms with Gasteiger partial charge in [-0.15, -0.1) is 0 Å². The van der Waals surface area contributed by atoms with Gasteiger partial charge in [0, 0.05) is 27.7 Å². The van der Waals surface area contributed by atoms with Crippen LogP contribution >= 0.6 is 15.9 Å². The number of carbonyl (C=O) groups is 1. The molecule has 0 saturated carbocycles. The summed E-state index contributed by atoms with van der Waals surface area (Å²) in [6.07, 6.45) is -0.673. The van der Waals surface area contributed by atoms with E-state index in [2.05, 4.69) is 21.2 Å². The van der Waals surface area contributed by atoms with E-state index in [-0.39, 0.29) is 18.3 Å². The number of benzene rings is 3. The maximum atomic E-state index is 12.5. The van der Waals surface area contributed by atoms with Crippen molar-refractivity contribution in [1.82, 2.24) is 0 Å². The minimum absolute atomic E-state index is 0.00856. The smallest absolute Gasteiger partial charge is 0.412 e. The summed E-state index contributed by atoms with van der Waals surface area (Å²) in [5, 5.41) is 23.8. The Balaban J connectivity index is 1.90. The van der Waals surface area contributed by atoms with Crippen molar-refractivity contribution in [3.63, 3.8) is 0 Å².